The van der Waals surface area contributed by atoms with Crippen LogP contribution in [0.3, 0.4) is 0 Å². The van der Waals surface area contributed by atoms with Gasteiger partial charge in [0.05, 0.1) is 16.8 Å². The quantitative estimate of drug-likeness (QED) is 0.306. The maximum atomic E-state index is 9.96. The van der Waals surface area contributed by atoms with Crippen molar-refractivity contribution in [1.29, 1.82) is 5.26 Å². The van der Waals surface area contributed by atoms with E-state index in [4.69, 9.17) is 0 Å². The van der Waals surface area contributed by atoms with Crippen LogP contribution in [0.15, 0.2) is 109 Å². The third-order valence-electron chi connectivity index (χ3n) is 5.35. The summed E-state index contributed by atoms with van der Waals surface area (Å²) in [5.41, 5.74) is 6.55. The maximum absolute atomic E-state index is 9.96. The predicted molar refractivity (Wildman–Crippen MR) is 126 cm³/mol. The predicted octanol–water partition coefficient (Wildman–Crippen LogP) is 6.70. The third kappa shape index (κ3) is 3.38. The van der Waals surface area contributed by atoms with Crippen LogP contribution in [0.2, 0.25) is 0 Å². The molecular formula is C29H18N2. The maximum Gasteiger partial charge on any atom is 0.102 e. The average molecular weight is 394 g/mol. The molecule has 31 heavy (non-hydrogen) atoms. The Kier molecular flexibility index (Phi) is 4.82. The zero-order valence-corrected chi connectivity index (χ0v) is 16.8. The van der Waals surface area contributed by atoms with Crippen molar-refractivity contribution < 1.29 is 0 Å². The summed E-state index contributed by atoms with van der Waals surface area (Å²) < 4.78 is 1.95. The lowest BCUT2D eigenvalue weighted by Gasteiger charge is -2.06. The zero-order valence-electron chi connectivity index (χ0n) is 16.8. The lowest BCUT2D eigenvalue weighted by atomic mass is 10.0. The van der Waals surface area contributed by atoms with Gasteiger partial charge in [0.2, 0.25) is 0 Å². The Labute approximate surface area is 181 Å². The van der Waals surface area contributed by atoms with Crippen LogP contribution in [-0.2, 0) is 0 Å². The number of fused-ring (bicyclic) bond motifs is 1. The summed E-state index contributed by atoms with van der Waals surface area (Å²) >= 11 is 0. The Morgan fingerprint density at radius 3 is 1.97 bits per heavy atom. The molecule has 5 aromatic rings. The molecule has 4 aromatic carbocycles. The SMILES string of the molecule is N#Cc1c(-c2ccccc2)n(C#Cc2ccccc2-c2ccccc2)c2ccccc12. The first-order valence-corrected chi connectivity index (χ1v) is 10.1. The lowest BCUT2D eigenvalue weighted by molar-refractivity contribution is 1.20. The molecule has 1 aromatic heterocycles. The van der Waals surface area contributed by atoms with Crippen LogP contribution in [0.4, 0.5) is 0 Å². The van der Waals surface area contributed by atoms with E-state index >= 15 is 0 Å². The van der Waals surface area contributed by atoms with Crippen molar-refractivity contribution in [3.8, 4) is 40.4 Å². The summed E-state index contributed by atoms with van der Waals surface area (Å²) in [6.45, 7) is 0. The number of benzene rings is 4. The molecule has 0 aliphatic rings. The van der Waals surface area contributed by atoms with E-state index < -0.39 is 0 Å². The molecule has 0 saturated heterocycles. The first kappa shape index (κ1) is 18.5. The number of rotatable bonds is 2. The van der Waals surface area contributed by atoms with Gasteiger partial charge < -0.3 is 0 Å². The number of nitriles is 1. The zero-order chi connectivity index (χ0) is 21.0. The van der Waals surface area contributed by atoms with Gasteiger partial charge in [0.25, 0.3) is 0 Å². The highest BCUT2D eigenvalue weighted by molar-refractivity contribution is 5.95. The highest BCUT2D eigenvalue weighted by Gasteiger charge is 2.17. The molecule has 2 nitrogen and oxygen atoms in total. The second kappa shape index (κ2) is 8.07. The molecule has 0 radical (unpaired) electrons. The van der Waals surface area contributed by atoms with E-state index in [0.29, 0.717) is 5.56 Å². The lowest BCUT2D eigenvalue weighted by Crippen LogP contribution is -1.94. The normalized spacial score (nSPS) is 10.3. The summed E-state index contributed by atoms with van der Waals surface area (Å²) in [6.07, 6.45) is 0. The largest absolute Gasteiger partial charge is 0.267 e. The van der Waals surface area contributed by atoms with Gasteiger partial charge in [0.15, 0.2) is 0 Å². The molecule has 0 bridgehead atoms. The standard InChI is InChI=1S/C29H18N2/c30-21-27-26-17-9-10-18-28(26)31(29(27)24-14-5-2-6-15-24)20-19-23-13-7-8-16-25(23)22-11-3-1-4-12-22/h1-18H. The van der Waals surface area contributed by atoms with Gasteiger partial charge >= 0.3 is 0 Å². The van der Waals surface area contributed by atoms with Crippen molar-refractivity contribution in [1.82, 2.24) is 4.57 Å². The Balaban J connectivity index is 1.75. The van der Waals surface area contributed by atoms with Crippen LogP contribution < -0.4 is 0 Å². The molecule has 144 valence electrons. The molecule has 0 amide bonds. The Hall–Kier alpha value is -4.53. The van der Waals surface area contributed by atoms with Crippen LogP contribution in [-0.4, -0.2) is 4.57 Å². The van der Waals surface area contributed by atoms with Gasteiger partial charge in [0.1, 0.15) is 6.07 Å². The van der Waals surface area contributed by atoms with Gasteiger partial charge in [-0.2, -0.15) is 5.26 Å². The molecule has 1 heterocycles. The van der Waals surface area contributed by atoms with E-state index in [2.05, 4.69) is 36.2 Å². The molecule has 5 rings (SSSR count). The molecule has 0 N–H and O–H groups in total. The molecule has 2 heteroatoms. The van der Waals surface area contributed by atoms with E-state index in [1.807, 2.05) is 95.6 Å². The summed E-state index contributed by atoms with van der Waals surface area (Å²) in [7, 11) is 0. The van der Waals surface area contributed by atoms with E-state index in [9.17, 15) is 5.26 Å². The van der Waals surface area contributed by atoms with Crippen LogP contribution in [0.25, 0.3) is 33.3 Å². The first-order chi connectivity index (χ1) is 15.4. The highest BCUT2D eigenvalue weighted by Crippen LogP contribution is 2.33. The van der Waals surface area contributed by atoms with Crippen LogP contribution >= 0.6 is 0 Å². The number of aromatic nitrogens is 1. The molecule has 0 fully saturated rings. The van der Waals surface area contributed by atoms with Crippen molar-refractivity contribution in [2.24, 2.45) is 0 Å². The van der Waals surface area contributed by atoms with E-state index in [1.165, 1.54) is 0 Å². The van der Waals surface area contributed by atoms with Gasteiger partial charge in [-0.05, 0) is 29.2 Å². The summed E-state index contributed by atoms with van der Waals surface area (Å²) in [5, 5.41) is 10.9. The molecule has 0 saturated carbocycles. The first-order valence-electron chi connectivity index (χ1n) is 10.1. The number of nitrogens with zero attached hydrogens (tertiary/aromatic N) is 2. The minimum atomic E-state index is 0.646. The van der Waals surface area contributed by atoms with Gasteiger partial charge in [-0.1, -0.05) is 97.1 Å². The van der Waals surface area contributed by atoms with Gasteiger partial charge in [-0.15, -0.1) is 0 Å². The van der Waals surface area contributed by atoms with Gasteiger partial charge in [-0.3, -0.25) is 4.57 Å². The van der Waals surface area contributed by atoms with Crippen LogP contribution in [0.5, 0.6) is 0 Å². The van der Waals surface area contributed by atoms with Crippen molar-refractivity contribution in [2.75, 3.05) is 0 Å². The number of hydrogen-bond donors (Lipinski definition) is 0. The number of hydrogen-bond acceptors (Lipinski definition) is 1. The van der Waals surface area contributed by atoms with Crippen molar-refractivity contribution in [3.05, 3.63) is 120 Å². The van der Waals surface area contributed by atoms with Crippen molar-refractivity contribution in [3.63, 3.8) is 0 Å². The van der Waals surface area contributed by atoms with Crippen LogP contribution in [0.1, 0.15) is 11.1 Å². The fraction of sp³-hybridized carbons (Fsp3) is 0. The summed E-state index contributed by atoms with van der Waals surface area (Å²) in [4.78, 5) is 0. The van der Waals surface area contributed by atoms with E-state index in [-0.39, 0.29) is 0 Å². The monoisotopic (exact) mass is 394 g/mol. The Morgan fingerprint density at radius 1 is 0.613 bits per heavy atom. The van der Waals surface area contributed by atoms with Crippen molar-refractivity contribution >= 4 is 10.9 Å². The topological polar surface area (TPSA) is 28.7 Å². The average Bonchev–Trinajstić information content (AvgIpc) is 3.17. The Bertz CT molecular complexity index is 1470. The minimum Gasteiger partial charge on any atom is -0.267 e. The molecule has 0 aliphatic heterocycles. The second-order valence-electron chi connectivity index (χ2n) is 7.20. The smallest absolute Gasteiger partial charge is 0.102 e. The number of para-hydroxylation sites is 1. The fourth-order valence-electron chi connectivity index (χ4n) is 3.92. The van der Waals surface area contributed by atoms with Crippen LogP contribution in [0, 0.1) is 23.3 Å². The summed E-state index contributed by atoms with van der Waals surface area (Å²) in [5.74, 6) is 3.37. The molecule has 0 aliphatic carbocycles. The van der Waals surface area contributed by atoms with E-state index in [1.54, 1.807) is 0 Å². The van der Waals surface area contributed by atoms with Crippen molar-refractivity contribution in [2.45, 2.75) is 0 Å². The molecular weight excluding hydrogens is 376 g/mol. The van der Waals surface area contributed by atoms with Gasteiger partial charge in [0, 0.05) is 22.6 Å². The second-order valence-corrected chi connectivity index (χ2v) is 7.20. The minimum absolute atomic E-state index is 0.646. The van der Waals surface area contributed by atoms with Gasteiger partial charge in [-0.25, -0.2) is 0 Å². The summed E-state index contributed by atoms with van der Waals surface area (Å²) in [6, 6.07) is 42.1. The van der Waals surface area contributed by atoms with E-state index in [0.717, 1.165) is 38.9 Å². The Morgan fingerprint density at radius 2 is 1.23 bits per heavy atom. The molecule has 0 unspecified atom stereocenters. The third-order valence-corrected chi connectivity index (χ3v) is 5.35. The molecule has 0 spiro atoms. The highest BCUT2D eigenvalue weighted by atomic mass is 15.0. The molecule has 0 atom stereocenters. The fourth-order valence-corrected chi connectivity index (χ4v) is 3.92.